The molecule has 2 rings (SSSR count). The van der Waals surface area contributed by atoms with Crippen LogP contribution in [0.4, 0.5) is 4.39 Å². The van der Waals surface area contributed by atoms with E-state index in [0.29, 0.717) is 10.0 Å². The predicted octanol–water partition coefficient (Wildman–Crippen LogP) is 4.13. The lowest BCUT2D eigenvalue weighted by Gasteiger charge is -2.22. The first-order chi connectivity index (χ1) is 9.51. The SMILES string of the molecule is NCC(c1cccc(Br)c1)C(O)c1cc(F)cc(Br)c1. The lowest BCUT2D eigenvalue weighted by molar-refractivity contribution is 0.147. The van der Waals surface area contributed by atoms with Crippen LogP contribution in [0.15, 0.2) is 51.4 Å². The lowest BCUT2D eigenvalue weighted by Crippen LogP contribution is -2.20. The first kappa shape index (κ1) is 15.6. The van der Waals surface area contributed by atoms with Gasteiger partial charge in [-0.05, 0) is 41.5 Å². The van der Waals surface area contributed by atoms with Gasteiger partial charge in [-0.3, -0.25) is 0 Å². The Labute approximate surface area is 134 Å². The number of aliphatic hydroxyl groups excluding tert-OH is 1. The highest BCUT2D eigenvalue weighted by Crippen LogP contribution is 2.32. The topological polar surface area (TPSA) is 46.2 Å². The largest absolute Gasteiger partial charge is 0.388 e. The molecule has 0 radical (unpaired) electrons. The van der Waals surface area contributed by atoms with Gasteiger partial charge in [-0.2, -0.15) is 0 Å². The molecule has 106 valence electrons. The normalized spacial score (nSPS) is 14.1. The maximum absolute atomic E-state index is 13.4. The van der Waals surface area contributed by atoms with E-state index in [1.54, 1.807) is 6.07 Å². The Hall–Kier alpha value is -0.750. The van der Waals surface area contributed by atoms with Gasteiger partial charge in [-0.1, -0.05) is 44.0 Å². The zero-order chi connectivity index (χ0) is 14.7. The third kappa shape index (κ3) is 3.67. The quantitative estimate of drug-likeness (QED) is 0.807. The van der Waals surface area contributed by atoms with Gasteiger partial charge in [0.1, 0.15) is 5.82 Å². The summed E-state index contributed by atoms with van der Waals surface area (Å²) in [4.78, 5) is 0. The third-order valence-corrected chi connectivity index (χ3v) is 4.09. The predicted molar refractivity (Wildman–Crippen MR) is 85.0 cm³/mol. The Morgan fingerprint density at radius 1 is 1.05 bits per heavy atom. The van der Waals surface area contributed by atoms with Crippen LogP contribution in [0.25, 0.3) is 0 Å². The molecule has 0 spiro atoms. The van der Waals surface area contributed by atoms with Gasteiger partial charge < -0.3 is 10.8 Å². The van der Waals surface area contributed by atoms with E-state index < -0.39 is 11.9 Å². The summed E-state index contributed by atoms with van der Waals surface area (Å²) in [5.41, 5.74) is 7.21. The molecule has 0 bridgehead atoms. The van der Waals surface area contributed by atoms with Crippen molar-refractivity contribution < 1.29 is 9.50 Å². The van der Waals surface area contributed by atoms with Gasteiger partial charge >= 0.3 is 0 Å². The molecule has 0 saturated heterocycles. The van der Waals surface area contributed by atoms with Crippen LogP contribution in [-0.4, -0.2) is 11.7 Å². The van der Waals surface area contributed by atoms with Crippen molar-refractivity contribution in [3.8, 4) is 0 Å². The number of aliphatic hydroxyl groups is 1. The summed E-state index contributed by atoms with van der Waals surface area (Å²) >= 11 is 6.63. The standard InChI is InChI=1S/C15H14Br2FNO/c16-11-3-1-2-9(4-11)14(8-19)15(20)10-5-12(17)7-13(18)6-10/h1-7,14-15,20H,8,19H2. The Balaban J connectivity index is 2.35. The zero-order valence-electron chi connectivity index (χ0n) is 10.6. The lowest BCUT2D eigenvalue weighted by atomic mass is 9.89. The number of hydrogen-bond donors (Lipinski definition) is 2. The Kier molecular flexibility index (Phi) is 5.32. The molecule has 0 aliphatic rings. The van der Waals surface area contributed by atoms with Crippen molar-refractivity contribution in [3.05, 3.63) is 68.4 Å². The average molecular weight is 403 g/mol. The fourth-order valence-electron chi connectivity index (χ4n) is 2.16. The second-order valence-electron chi connectivity index (χ2n) is 4.54. The number of nitrogens with two attached hydrogens (primary N) is 1. The molecule has 0 aliphatic heterocycles. The van der Waals surface area contributed by atoms with Gasteiger partial charge in [0.05, 0.1) is 6.10 Å². The molecule has 0 fully saturated rings. The van der Waals surface area contributed by atoms with E-state index in [1.165, 1.54) is 12.1 Å². The molecule has 0 aromatic heterocycles. The Morgan fingerprint density at radius 3 is 2.35 bits per heavy atom. The van der Waals surface area contributed by atoms with Crippen molar-refractivity contribution >= 4 is 31.9 Å². The molecule has 2 aromatic carbocycles. The van der Waals surface area contributed by atoms with Gasteiger partial charge in [0.25, 0.3) is 0 Å². The van der Waals surface area contributed by atoms with Crippen LogP contribution < -0.4 is 5.73 Å². The van der Waals surface area contributed by atoms with Crippen LogP contribution in [-0.2, 0) is 0 Å². The second kappa shape index (κ2) is 6.80. The zero-order valence-corrected chi connectivity index (χ0v) is 13.7. The second-order valence-corrected chi connectivity index (χ2v) is 6.38. The van der Waals surface area contributed by atoms with Crippen LogP contribution in [0.5, 0.6) is 0 Å². The minimum Gasteiger partial charge on any atom is -0.388 e. The van der Waals surface area contributed by atoms with Crippen molar-refractivity contribution in [1.82, 2.24) is 0 Å². The number of hydrogen-bond acceptors (Lipinski definition) is 2. The summed E-state index contributed by atoms with van der Waals surface area (Å²) in [5, 5.41) is 10.5. The van der Waals surface area contributed by atoms with Crippen molar-refractivity contribution in [2.45, 2.75) is 12.0 Å². The van der Waals surface area contributed by atoms with E-state index in [1.807, 2.05) is 24.3 Å². The van der Waals surface area contributed by atoms with Crippen molar-refractivity contribution in [1.29, 1.82) is 0 Å². The van der Waals surface area contributed by atoms with E-state index in [-0.39, 0.29) is 12.5 Å². The summed E-state index contributed by atoms with van der Waals surface area (Å²) < 4.78 is 15.0. The average Bonchev–Trinajstić information content (AvgIpc) is 2.38. The number of halogens is 3. The molecule has 2 nitrogen and oxygen atoms in total. The maximum Gasteiger partial charge on any atom is 0.124 e. The first-order valence-electron chi connectivity index (χ1n) is 6.11. The monoisotopic (exact) mass is 401 g/mol. The van der Waals surface area contributed by atoms with E-state index >= 15 is 0 Å². The molecule has 0 aliphatic carbocycles. The molecular weight excluding hydrogens is 389 g/mol. The summed E-state index contributed by atoms with van der Waals surface area (Å²) in [6.45, 7) is 0.270. The number of benzene rings is 2. The van der Waals surface area contributed by atoms with Crippen LogP contribution in [0.2, 0.25) is 0 Å². The van der Waals surface area contributed by atoms with Crippen molar-refractivity contribution in [3.63, 3.8) is 0 Å². The summed E-state index contributed by atoms with van der Waals surface area (Å²) in [6.07, 6.45) is -0.860. The first-order valence-corrected chi connectivity index (χ1v) is 7.69. The molecule has 2 atom stereocenters. The molecular formula is C15H14Br2FNO. The van der Waals surface area contributed by atoms with Crippen LogP contribution in [0.1, 0.15) is 23.1 Å². The highest BCUT2D eigenvalue weighted by atomic mass is 79.9. The van der Waals surface area contributed by atoms with Crippen LogP contribution >= 0.6 is 31.9 Å². The van der Waals surface area contributed by atoms with Gasteiger partial charge in [0, 0.05) is 21.4 Å². The van der Waals surface area contributed by atoms with Crippen molar-refractivity contribution in [2.75, 3.05) is 6.54 Å². The van der Waals surface area contributed by atoms with Crippen molar-refractivity contribution in [2.24, 2.45) is 5.73 Å². The summed E-state index contributed by atoms with van der Waals surface area (Å²) in [5.74, 6) is -0.681. The van der Waals surface area contributed by atoms with Gasteiger partial charge in [-0.25, -0.2) is 4.39 Å². The van der Waals surface area contributed by atoms with Crippen LogP contribution in [0, 0.1) is 5.82 Å². The highest BCUT2D eigenvalue weighted by Gasteiger charge is 2.22. The van der Waals surface area contributed by atoms with E-state index in [0.717, 1.165) is 10.0 Å². The highest BCUT2D eigenvalue weighted by molar-refractivity contribution is 9.10. The summed E-state index contributed by atoms with van der Waals surface area (Å²) in [6, 6.07) is 12.0. The molecule has 3 N–H and O–H groups in total. The molecule has 20 heavy (non-hydrogen) atoms. The minimum absolute atomic E-state index is 0.270. The minimum atomic E-state index is -0.860. The van der Waals surface area contributed by atoms with E-state index in [2.05, 4.69) is 31.9 Å². The fourth-order valence-corrected chi connectivity index (χ4v) is 3.06. The number of rotatable bonds is 4. The van der Waals surface area contributed by atoms with Gasteiger partial charge in [0.2, 0.25) is 0 Å². The van der Waals surface area contributed by atoms with Crippen LogP contribution in [0.3, 0.4) is 0 Å². The van der Waals surface area contributed by atoms with E-state index in [4.69, 9.17) is 5.73 Å². The molecule has 2 unspecified atom stereocenters. The Morgan fingerprint density at radius 2 is 1.75 bits per heavy atom. The fraction of sp³-hybridized carbons (Fsp3) is 0.200. The third-order valence-electron chi connectivity index (χ3n) is 3.14. The molecule has 0 amide bonds. The summed E-state index contributed by atoms with van der Waals surface area (Å²) in [7, 11) is 0. The molecule has 5 heteroatoms. The van der Waals surface area contributed by atoms with Gasteiger partial charge in [-0.15, -0.1) is 0 Å². The van der Waals surface area contributed by atoms with Gasteiger partial charge in [0.15, 0.2) is 0 Å². The van der Waals surface area contributed by atoms with E-state index in [9.17, 15) is 9.50 Å². The Bertz CT molecular complexity index is 586. The molecule has 0 heterocycles. The molecule has 2 aromatic rings. The molecule has 0 saturated carbocycles. The maximum atomic E-state index is 13.4. The smallest absolute Gasteiger partial charge is 0.124 e.